The predicted molar refractivity (Wildman–Crippen MR) is 102 cm³/mol. The Morgan fingerprint density at radius 3 is 2.97 bits per heavy atom. The van der Waals surface area contributed by atoms with Crippen molar-refractivity contribution in [2.75, 3.05) is 18.9 Å². The molecule has 11 nitrogen and oxygen atoms in total. The first-order chi connectivity index (χ1) is 14.7. The van der Waals surface area contributed by atoms with E-state index in [1.807, 2.05) is 12.1 Å². The second kappa shape index (κ2) is 7.72. The zero-order valence-corrected chi connectivity index (χ0v) is 15.8. The summed E-state index contributed by atoms with van der Waals surface area (Å²) in [6.07, 6.45) is 3.88. The fourth-order valence-corrected chi connectivity index (χ4v) is 3.24. The van der Waals surface area contributed by atoms with E-state index in [9.17, 15) is 4.39 Å². The largest absolute Gasteiger partial charge is 0.379 e. The van der Waals surface area contributed by atoms with Crippen molar-refractivity contribution in [3.63, 3.8) is 0 Å². The average Bonchev–Trinajstić information content (AvgIpc) is 3.49. The third-order valence-corrected chi connectivity index (χ3v) is 4.78. The normalized spacial score (nSPS) is 16.5. The van der Waals surface area contributed by atoms with Crippen molar-refractivity contribution in [2.24, 2.45) is 0 Å². The summed E-state index contributed by atoms with van der Waals surface area (Å²) < 4.78 is 26.6. The van der Waals surface area contributed by atoms with Gasteiger partial charge in [-0.3, -0.25) is 10.1 Å². The lowest BCUT2D eigenvalue weighted by Gasteiger charge is -2.10. The molecule has 4 aromatic rings. The number of aromatic amines is 1. The summed E-state index contributed by atoms with van der Waals surface area (Å²) in [4.78, 5) is 12.8. The van der Waals surface area contributed by atoms with E-state index < -0.39 is 5.82 Å². The molecule has 5 heterocycles. The van der Waals surface area contributed by atoms with E-state index in [0.29, 0.717) is 30.9 Å². The maximum Gasteiger partial charge on any atom is 0.222 e. The molecule has 1 saturated heterocycles. The van der Waals surface area contributed by atoms with Gasteiger partial charge in [-0.15, -0.1) is 5.10 Å². The molecule has 4 aromatic heterocycles. The topological polar surface area (TPSA) is 143 Å². The summed E-state index contributed by atoms with van der Waals surface area (Å²) in [5.74, 6) is -0.584. The SMILES string of the molecule is Nc1nc(-c2[nH]ncc2F)c2nnn(Cc3ccc(COC4CCOC4)cn3)c2n1. The van der Waals surface area contributed by atoms with Crippen LogP contribution >= 0.6 is 0 Å². The Morgan fingerprint density at radius 1 is 1.30 bits per heavy atom. The standard InChI is InChI=1S/C18H18FN9O2/c19-13-6-22-25-14(13)15-16-17(24-18(20)23-15)28(27-26-16)7-11-2-1-10(5-21-11)8-30-12-3-4-29-9-12/h1-2,5-6,12H,3-4,7-9H2,(H,22,25)(H2,20,23,24). The molecule has 5 rings (SSSR count). The van der Waals surface area contributed by atoms with Crippen LogP contribution in [0.2, 0.25) is 0 Å². The van der Waals surface area contributed by atoms with Crippen molar-refractivity contribution in [3.8, 4) is 11.4 Å². The van der Waals surface area contributed by atoms with Crippen LogP contribution in [-0.2, 0) is 22.6 Å². The lowest BCUT2D eigenvalue weighted by molar-refractivity contribution is 0.0316. The summed E-state index contributed by atoms with van der Waals surface area (Å²) in [5, 5.41) is 14.5. The number of rotatable bonds is 6. The Balaban J connectivity index is 1.36. The van der Waals surface area contributed by atoms with Crippen molar-refractivity contribution in [1.29, 1.82) is 0 Å². The number of ether oxygens (including phenoxy) is 2. The van der Waals surface area contributed by atoms with Crippen LogP contribution in [0.3, 0.4) is 0 Å². The zero-order chi connectivity index (χ0) is 20.5. The molecular formula is C18H18FN9O2. The van der Waals surface area contributed by atoms with Crippen molar-refractivity contribution in [2.45, 2.75) is 25.7 Å². The molecule has 1 unspecified atom stereocenters. The van der Waals surface area contributed by atoms with Gasteiger partial charge in [-0.25, -0.2) is 14.1 Å². The van der Waals surface area contributed by atoms with Crippen LogP contribution < -0.4 is 5.73 Å². The van der Waals surface area contributed by atoms with Crippen LogP contribution in [0, 0.1) is 5.82 Å². The molecule has 3 N–H and O–H groups in total. The summed E-state index contributed by atoms with van der Waals surface area (Å²) in [7, 11) is 0. The van der Waals surface area contributed by atoms with E-state index >= 15 is 0 Å². The monoisotopic (exact) mass is 411 g/mol. The Labute approximate surface area is 169 Å². The van der Waals surface area contributed by atoms with Crippen LogP contribution in [0.15, 0.2) is 24.5 Å². The average molecular weight is 411 g/mol. The number of hydrogen-bond acceptors (Lipinski definition) is 9. The van der Waals surface area contributed by atoms with Crippen molar-refractivity contribution in [3.05, 3.63) is 41.6 Å². The minimum atomic E-state index is -0.562. The third-order valence-electron chi connectivity index (χ3n) is 4.78. The Kier molecular flexibility index (Phi) is 4.77. The van der Waals surface area contributed by atoms with E-state index in [1.54, 1.807) is 10.9 Å². The molecule has 154 valence electrons. The van der Waals surface area contributed by atoms with E-state index in [-0.39, 0.29) is 23.4 Å². The second-order valence-electron chi connectivity index (χ2n) is 6.90. The molecule has 0 bridgehead atoms. The van der Waals surface area contributed by atoms with Gasteiger partial charge in [0, 0.05) is 12.8 Å². The molecular weight excluding hydrogens is 393 g/mol. The van der Waals surface area contributed by atoms with Gasteiger partial charge in [0.2, 0.25) is 5.95 Å². The van der Waals surface area contributed by atoms with Gasteiger partial charge in [0.05, 0.1) is 37.8 Å². The molecule has 0 amide bonds. The maximum atomic E-state index is 14.0. The highest BCUT2D eigenvalue weighted by Gasteiger charge is 2.20. The van der Waals surface area contributed by atoms with Crippen LogP contribution in [0.25, 0.3) is 22.6 Å². The van der Waals surface area contributed by atoms with Crippen molar-refractivity contribution >= 4 is 17.1 Å². The zero-order valence-electron chi connectivity index (χ0n) is 15.8. The summed E-state index contributed by atoms with van der Waals surface area (Å²) in [6.45, 7) is 2.18. The fourth-order valence-electron chi connectivity index (χ4n) is 3.24. The highest BCUT2D eigenvalue weighted by Crippen LogP contribution is 2.25. The van der Waals surface area contributed by atoms with Gasteiger partial charge >= 0.3 is 0 Å². The van der Waals surface area contributed by atoms with Crippen molar-refractivity contribution < 1.29 is 13.9 Å². The van der Waals surface area contributed by atoms with Crippen LogP contribution in [0.1, 0.15) is 17.7 Å². The second-order valence-corrected chi connectivity index (χ2v) is 6.90. The van der Waals surface area contributed by atoms with Gasteiger partial charge in [0.25, 0.3) is 0 Å². The highest BCUT2D eigenvalue weighted by atomic mass is 19.1. The molecule has 1 fully saturated rings. The smallest absolute Gasteiger partial charge is 0.222 e. The number of nitrogens with zero attached hydrogens (tertiary/aromatic N) is 7. The molecule has 1 aliphatic rings. The maximum absolute atomic E-state index is 14.0. The number of nitrogens with one attached hydrogen (secondary N) is 1. The number of anilines is 1. The van der Waals surface area contributed by atoms with Gasteiger partial charge in [-0.05, 0) is 18.1 Å². The fraction of sp³-hybridized carbons (Fsp3) is 0.333. The number of nitrogens with two attached hydrogens (primary N) is 1. The van der Waals surface area contributed by atoms with Gasteiger partial charge in [0.1, 0.15) is 11.4 Å². The van der Waals surface area contributed by atoms with E-state index in [1.165, 1.54) is 0 Å². The van der Waals surface area contributed by atoms with E-state index in [0.717, 1.165) is 30.5 Å². The molecule has 0 aromatic carbocycles. The number of fused-ring (bicyclic) bond motifs is 1. The van der Waals surface area contributed by atoms with E-state index in [4.69, 9.17) is 15.2 Å². The molecule has 0 aliphatic carbocycles. The van der Waals surface area contributed by atoms with Crippen LogP contribution in [0.5, 0.6) is 0 Å². The minimum absolute atomic E-state index is 0.0219. The molecule has 1 atom stereocenters. The first-order valence-corrected chi connectivity index (χ1v) is 9.36. The van der Waals surface area contributed by atoms with E-state index in [2.05, 4.69) is 35.5 Å². The molecule has 1 aliphatic heterocycles. The minimum Gasteiger partial charge on any atom is -0.379 e. The molecule has 30 heavy (non-hydrogen) atoms. The van der Waals surface area contributed by atoms with Gasteiger partial charge in [-0.2, -0.15) is 10.1 Å². The lowest BCUT2D eigenvalue weighted by Crippen LogP contribution is -2.12. The highest BCUT2D eigenvalue weighted by molar-refractivity contribution is 5.86. The van der Waals surface area contributed by atoms with Gasteiger partial charge < -0.3 is 15.2 Å². The number of hydrogen-bond donors (Lipinski definition) is 2. The Bertz CT molecular complexity index is 1170. The first kappa shape index (κ1) is 18.5. The molecule has 12 heteroatoms. The number of halogens is 1. The lowest BCUT2D eigenvalue weighted by atomic mass is 10.2. The summed E-state index contributed by atoms with van der Waals surface area (Å²) in [6, 6.07) is 3.84. The molecule has 0 radical (unpaired) electrons. The number of nitrogen functional groups attached to an aromatic ring is 1. The van der Waals surface area contributed by atoms with Crippen molar-refractivity contribution in [1.82, 2.24) is 40.1 Å². The molecule has 0 saturated carbocycles. The van der Waals surface area contributed by atoms with Crippen LogP contribution in [0.4, 0.5) is 10.3 Å². The third kappa shape index (κ3) is 3.57. The van der Waals surface area contributed by atoms with Gasteiger partial charge in [-0.1, -0.05) is 11.3 Å². The number of H-pyrrole nitrogens is 1. The predicted octanol–water partition coefficient (Wildman–Crippen LogP) is 1.08. The summed E-state index contributed by atoms with van der Waals surface area (Å²) >= 11 is 0. The van der Waals surface area contributed by atoms with Gasteiger partial charge in [0.15, 0.2) is 17.0 Å². The quantitative estimate of drug-likeness (QED) is 0.476. The first-order valence-electron chi connectivity index (χ1n) is 9.36. The van der Waals surface area contributed by atoms with Crippen LogP contribution in [-0.4, -0.2) is 59.5 Å². The number of aromatic nitrogens is 8. The molecule has 0 spiro atoms. The number of pyridine rings is 1. The Hall–Kier alpha value is -3.51. The summed E-state index contributed by atoms with van der Waals surface area (Å²) in [5.41, 5.74) is 8.52. The Morgan fingerprint density at radius 2 is 2.23 bits per heavy atom.